The number of hydrogen-bond acceptors (Lipinski definition) is 3. The molecule has 5 heteroatoms. The molecule has 0 amide bonds. The molecule has 0 aliphatic rings. The highest BCUT2D eigenvalue weighted by atomic mass is 35.5. The summed E-state index contributed by atoms with van der Waals surface area (Å²) in [6.07, 6.45) is 0. The maximum Gasteiger partial charge on any atom is 0.132 e. The number of hydrogen-bond donors (Lipinski definition) is 1. The molecule has 0 atom stereocenters. The molecule has 1 aromatic heterocycles. The van der Waals surface area contributed by atoms with Crippen LogP contribution in [0.1, 0.15) is 25.1 Å². The number of ether oxygens (including phenoxy) is 1. The van der Waals surface area contributed by atoms with Crippen LogP contribution in [-0.2, 0) is 18.4 Å². The van der Waals surface area contributed by atoms with Gasteiger partial charge in [-0.15, -0.1) is 0 Å². The molecule has 0 saturated heterocycles. The van der Waals surface area contributed by atoms with Crippen LogP contribution in [0.25, 0.3) is 0 Å². The van der Waals surface area contributed by atoms with Crippen molar-refractivity contribution in [2.75, 3.05) is 13.2 Å². The zero-order valence-electron chi connectivity index (χ0n) is 10.4. The number of aromatic nitrogens is 2. The average Bonchev–Trinajstić information content (AvgIpc) is 2.43. The van der Waals surface area contributed by atoms with Crippen molar-refractivity contribution in [3.63, 3.8) is 0 Å². The van der Waals surface area contributed by atoms with E-state index in [0.29, 0.717) is 24.4 Å². The van der Waals surface area contributed by atoms with Gasteiger partial charge in [-0.3, -0.25) is 4.68 Å². The largest absolute Gasteiger partial charge is 0.375 e. The van der Waals surface area contributed by atoms with Gasteiger partial charge in [0.1, 0.15) is 5.15 Å². The summed E-state index contributed by atoms with van der Waals surface area (Å²) in [5.41, 5.74) is 1.91. The normalized spacial score (nSPS) is 11.4. The smallest absolute Gasteiger partial charge is 0.132 e. The second-order valence-electron chi connectivity index (χ2n) is 4.14. The Bertz CT molecular complexity index is 336. The van der Waals surface area contributed by atoms with Crippen LogP contribution < -0.4 is 5.32 Å². The number of rotatable bonds is 6. The van der Waals surface area contributed by atoms with E-state index in [4.69, 9.17) is 16.3 Å². The molecule has 0 radical (unpaired) electrons. The fourth-order valence-electron chi connectivity index (χ4n) is 1.43. The van der Waals surface area contributed by atoms with E-state index in [9.17, 15) is 0 Å². The van der Waals surface area contributed by atoms with E-state index in [0.717, 1.165) is 17.8 Å². The van der Waals surface area contributed by atoms with Crippen molar-refractivity contribution in [3.05, 3.63) is 16.4 Å². The van der Waals surface area contributed by atoms with Gasteiger partial charge in [0.05, 0.1) is 18.9 Å². The van der Waals surface area contributed by atoms with E-state index < -0.39 is 0 Å². The molecule has 1 aromatic rings. The van der Waals surface area contributed by atoms with Crippen LogP contribution in [0.3, 0.4) is 0 Å². The van der Waals surface area contributed by atoms with Gasteiger partial charge in [-0.05, 0) is 6.92 Å². The van der Waals surface area contributed by atoms with Crippen molar-refractivity contribution in [3.8, 4) is 0 Å². The molecule has 0 spiro atoms. The third kappa shape index (κ3) is 3.77. The lowest BCUT2D eigenvalue weighted by molar-refractivity contribution is 0.121. The summed E-state index contributed by atoms with van der Waals surface area (Å²) in [7, 11) is 1.83. The Labute approximate surface area is 102 Å². The molecule has 0 saturated carbocycles. The van der Waals surface area contributed by atoms with Gasteiger partial charge >= 0.3 is 0 Å². The Hall–Kier alpha value is -0.580. The van der Waals surface area contributed by atoms with Crippen molar-refractivity contribution in [1.82, 2.24) is 15.1 Å². The van der Waals surface area contributed by atoms with Gasteiger partial charge in [0.15, 0.2) is 0 Å². The van der Waals surface area contributed by atoms with Crippen LogP contribution in [0, 0.1) is 6.92 Å². The summed E-state index contributed by atoms with van der Waals surface area (Å²) in [5, 5.41) is 8.18. The minimum Gasteiger partial charge on any atom is -0.375 e. The first kappa shape index (κ1) is 13.5. The molecule has 1 rings (SSSR count). The van der Waals surface area contributed by atoms with Crippen molar-refractivity contribution in [2.45, 2.75) is 33.4 Å². The highest BCUT2D eigenvalue weighted by molar-refractivity contribution is 6.30. The highest BCUT2D eigenvalue weighted by Gasteiger charge is 2.10. The second kappa shape index (κ2) is 6.23. The highest BCUT2D eigenvalue weighted by Crippen LogP contribution is 2.19. The Morgan fingerprint density at radius 1 is 1.50 bits per heavy atom. The van der Waals surface area contributed by atoms with Crippen LogP contribution in [0.2, 0.25) is 5.15 Å². The molecule has 1 N–H and O–H groups in total. The molecule has 0 aromatic carbocycles. The van der Waals surface area contributed by atoms with E-state index in [-0.39, 0.29) is 0 Å². The molecule has 92 valence electrons. The Kier molecular flexibility index (Phi) is 5.25. The Morgan fingerprint density at radius 3 is 2.69 bits per heavy atom. The molecular weight excluding hydrogens is 226 g/mol. The van der Waals surface area contributed by atoms with E-state index in [2.05, 4.69) is 24.3 Å². The van der Waals surface area contributed by atoms with Crippen LogP contribution >= 0.6 is 11.6 Å². The molecule has 0 bridgehead atoms. The van der Waals surface area contributed by atoms with Gasteiger partial charge in [-0.25, -0.2) is 0 Å². The van der Waals surface area contributed by atoms with Crippen LogP contribution in [-0.4, -0.2) is 29.0 Å². The third-order valence-corrected chi connectivity index (χ3v) is 2.79. The zero-order valence-corrected chi connectivity index (χ0v) is 11.1. The number of nitrogens with one attached hydrogen (secondary N) is 1. The molecule has 0 fully saturated rings. The summed E-state index contributed by atoms with van der Waals surface area (Å²) in [6.45, 7) is 8.23. The average molecular weight is 246 g/mol. The standard InChI is InChI=1S/C11H20ClN3O/c1-8(2)13-5-6-16-7-10-9(3)14-15(4)11(10)12/h8,13H,5-7H2,1-4H3. The Morgan fingerprint density at radius 2 is 2.19 bits per heavy atom. The first-order chi connectivity index (χ1) is 7.52. The zero-order chi connectivity index (χ0) is 12.1. The van der Waals surface area contributed by atoms with Gasteiger partial charge in [-0.1, -0.05) is 25.4 Å². The van der Waals surface area contributed by atoms with E-state index in [1.807, 2.05) is 14.0 Å². The van der Waals surface area contributed by atoms with Crippen molar-refractivity contribution >= 4 is 11.6 Å². The molecule has 1 heterocycles. The predicted molar refractivity (Wildman–Crippen MR) is 65.7 cm³/mol. The maximum absolute atomic E-state index is 6.08. The summed E-state index contributed by atoms with van der Waals surface area (Å²) < 4.78 is 7.21. The molecule has 0 aliphatic heterocycles. The minimum absolute atomic E-state index is 0.493. The lowest BCUT2D eigenvalue weighted by Crippen LogP contribution is -2.26. The number of nitrogens with zero attached hydrogens (tertiary/aromatic N) is 2. The summed E-state index contributed by atoms with van der Waals surface area (Å²) in [5.74, 6) is 0. The minimum atomic E-state index is 0.493. The van der Waals surface area contributed by atoms with E-state index >= 15 is 0 Å². The molecule has 0 aliphatic carbocycles. The molecule has 0 unspecified atom stereocenters. The first-order valence-corrected chi connectivity index (χ1v) is 5.89. The van der Waals surface area contributed by atoms with E-state index in [1.165, 1.54) is 0 Å². The van der Waals surface area contributed by atoms with Gasteiger partial charge in [-0.2, -0.15) is 5.10 Å². The quantitative estimate of drug-likeness (QED) is 0.778. The van der Waals surface area contributed by atoms with Crippen LogP contribution in [0.15, 0.2) is 0 Å². The summed E-state index contributed by atoms with van der Waals surface area (Å²) in [6, 6.07) is 0.493. The predicted octanol–water partition coefficient (Wildman–Crippen LogP) is 1.90. The third-order valence-electron chi connectivity index (χ3n) is 2.32. The second-order valence-corrected chi connectivity index (χ2v) is 4.50. The lowest BCUT2D eigenvalue weighted by Gasteiger charge is -2.08. The number of halogens is 1. The SMILES string of the molecule is Cc1nn(C)c(Cl)c1COCCNC(C)C. The van der Waals surface area contributed by atoms with Crippen LogP contribution in [0.5, 0.6) is 0 Å². The van der Waals surface area contributed by atoms with Crippen molar-refractivity contribution < 1.29 is 4.74 Å². The fraction of sp³-hybridized carbons (Fsp3) is 0.727. The maximum atomic E-state index is 6.08. The molecular formula is C11H20ClN3O. The molecule has 16 heavy (non-hydrogen) atoms. The Balaban J connectivity index is 2.32. The van der Waals surface area contributed by atoms with Gasteiger partial charge < -0.3 is 10.1 Å². The van der Waals surface area contributed by atoms with Gasteiger partial charge in [0, 0.05) is 25.2 Å². The van der Waals surface area contributed by atoms with Crippen LogP contribution in [0.4, 0.5) is 0 Å². The number of aryl methyl sites for hydroxylation is 2. The monoisotopic (exact) mass is 245 g/mol. The van der Waals surface area contributed by atoms with Gasteiger partial charge in [0.25, 0.3) is 0 Å². The fourth-order valence-corrected chi connectivity index (χ4v) is 1.66. The van der Waals surface area contributed by atoms with Crippen molar-refractivity contribution in [1.29, 1.82) is 0 Å². The first-order valence-electron chi connectivity index (χ1n) is 5.51. The lowest BCUT2D eigenvalue weighted by atomic mass is 10.3. The van der Waals surface area contributed by atoms with Crippen molar-refractivity contribution in [2.24, 2.45) is 7.05 Å². The van der Waals surface area contributed by atoms with Gasteiger partial charge in [0.2, 0.25) is 0 Å². The summed E-state index contributed by atoms with van der Waals surface area (Å²) in [4.78, 5) is 0. The topological polar surface area (TPSA) is 39.1 Å². The molecule has 4 nitrogen and oxygen atoms in total. The van der Waals surface area contributed by atoms with E-state index in [1.54, 1.807) is 4.68 Å². The summed E-state index contributed by atoms with van der Waals surface area (Å²) >= 11 is 6.08.